The molecule has 3 rings (SSSR count). The van der Waals surface area contributed by atoms with Crippen molar-refractivity contribution in [2.45, 2.75) is 57.5 Å². The molecule has 0 aromatic heterocycles. The van der Waals surface area contributed by atoms with Gasteiger partial charge in [-0.15, -0.1) is 0 Å². The zero-order valence-electron chi connectivity index (χ0n) is 16.6. The minimum atomic E-state index is -0.492. The van der Waals surface area contributed by atoms with Crippen LogP contribution >= 0.6 is 0 Å². The smallest absolute Gasteiger partial charge is 0.243 e. The molecule has 1 atom stereocenters. The Morgan fingerprint density at radius 3 is 2.38 bits per heavy atom. The van der Waals surface area contributed by atoms with Crippen LogP contribution in [0.1, 0.15) is 51.4 Å². The van der Waals surface area contributed by atoms with Gasteiger partial charge in [0, 0.05) is 5.92 Å². The molecule has 29 heavy (non-hydrogen) atoms. The third-order valence-corrected chi connectivity index (χ3v) is 5.42. The minimum Gasteiger partial charge on any atom is -0.364 e. The van der Waals surface area contributed by atoms with E-state index < -0.39 is 17.9 Å². The Morgan fingerprint density at radius 2 is 1.72 bits per heavy atom. The van der Waals surface area contributed by atoms with Crippen molar-refractivity contribution >= 4 is 23.5 Å². The summed E-state index contributed by atoms with van der Waals surface area (Å²) < 4.78 is 5.03. The highest BCUT2D eigenvalue weighted by atomic mass is 16.6. The second kappa shape index (κ2) is 10.3. The highest BCUT2D eigenvalue weighted by Gasteiger charge is 2.34. The molecule has 3 amide bonds. The molecular weight excluding hydrogens is 374 g/mol. The summed E-state index contributed by atoms with van der Waals surface area (Å²) in [6.07, 6.45) is 11.1. The van der Waals surface area contributed by atoms with E-state index in [2.05, 4.69) is 16.0 Å². The summed E-state index contributed by atoms with van der Waals surface area (Å²) >= 11 is 0. The summed E-state index contributed by atoms with van der Waals surface area (Å²) in [4.78, 5) is 48.5. The molecule has 1 saturated carbocycles. The summed E-state index contributed by atoms with van der Waals surface area (Å²) in [5.74, 6) is -1.30. The molecule has 8 heteroatoms. The first kappa shape index (κ1) is 21.2. The van der Waals surface area contributed by atoms with Crippen LogP contribution < -0.4 is 16.0 Å². The number of epoxide rings is 1. The van der Waals surface area contributed by atoms with Gasteiger partial charge in [0.1, 0.15) is 6.10 Å². The van der Waals surface area contributed by atoms with Gasteiger partial charge in [0.25, 0.3) is 0 Å². The van der Waals surface area contributed by atoms with Gasteiger partial charge in [0.05, 0.1) is 25.4 Å². The zero-order chi connectivity index (χ0) is 20.6. The van der Waals surface area contributed by atoms with E-state index in [1.165, 1.54) is 0 Å². The lowest BCUT2D eigenvalue weighted by molar-refractivity contribution is -0.130. The Bertz CT molecular complexity index is 718. The van der Waals surface area contributed by atoms with Crippen LogP contribution in [0, 0.1) is 5.92 Å². The lowest BCUT2D eigenvalue weighted by Gasteiger charge is -2.20. The first-order valence-electron chi connectivity index (χ1n) is 10.4. The van der Waals surface area contributed by atoms with Crippen molar-refractivity contribution in [1.82, 2.24) is 16.0 Å². The van der Waals surface area contributed by atoms with E-state index in [1.54, 1.807) is 6.08 Å². The molecule has 2 fully saturated rings. The van der Waals surface area contributed by atoms with E-state index in [0.29, 0.717) is 6.61 Å². The van der Waals surface area contributed by atoms with E-state index in [0.717, 1.165) is 56.9 Å². The lowest BCUT2D eigenvalue weighted by Crippen LogP contribution is -2.44. The number of hydrogen-bond donors (Lipinski definition) is 3. The van der Waals surface area contributed by atoms with E-state index in [9.17, 15) is 19.2 Å². The van der Waals surface area contributed by atoms with Crippen LogP contribution in [0.5, 0.6) is 0 Å². The molecule has 8 nitrogen and oxygen atoms in total. The number of ether oxygens (including phenoxy) is 1. The molecule has 0 bridgehead atoms. The molecule has 0 radical (unpaired) electrons. The maximum atomic E-state index is 12.3. The molecule has 158 valence electrons. The number of amides is 3. The highest BCUT2D eigenvalue weighted by Crippen LogP contribution is 2.23. The number of carbonyl (C=O) groups excluding carboxylic acids is 4. The van der Waals surface area contributed by atoms with Crippen LogP contribution in [0.3, 0.4) is 0 Å². The fourth-order valence-electron chi connectivity index (χ4n) is 3.67. The van der Waals surface area contributed by atoms with Crippen LogP contribution in [0.2, 0.25) is 0 Å². The van der Waals surface area contributed by atoms with Gasteiger partial charge in [0.2, 0.25) is 23.5 Å². The van der Waals surface area contributed by atoms with Gasteiger partial charge in [-0.3, -0.25) is 19.2 Å². The van der Waals surface area contributed by atoms with Crippen LogP contribution in [-0.4, -0.2) is 49.3 Å². The van der Waals surface area contributed by atoms with Crippen molar-refractivity contribution in [1.29, 1.82) is 0 Å². The Hall–Kier alpha value is -2.48. The number of Topliss-reactive ketones (excluding diaryl/α,β-unsaturated/α-hetero) is 1. The minimum absolute atomic E-state index is 0.0203. The first-order valence-corrected chi connectivity index (χ1v) is 10.4. The van der Waals surface area contributed by atoms with Gasteiger partial charge < -0.3 is 20.7 Å². The normalized spacial score (nSPS) is 21.9. The summed E-state index contributed by atoms with van der Waals surface area (Å²) in [5.41, 5.74) is 1.22. The number of hydrogen-bond acceptors (Lipinski definition) is 5. The average Bonchev–Trinajstić information content (AvgIpc) is 3.46. The molecule has 2 aliphatic carbocycles. The van der Waals surface area contributed by atoms with Gasteiger partial charge in [-0.1, -0.05) is 25.3 Å². The molecule has 3 N–H and O–H groups in total. The van der Waals surface area contributed by atoms with E-state index in [-0.39, 0.29) is 36.4 Å². The van der Waals surface area contributed by atoms with E-state index >= 15 is 0 Å². The topological polar surface area (TPSA) is 117 Å². The third-order valence-electron chi connectivity index (χ3n) is 5.42. The van der Waals surface area contributed by atoms with Gasteiger partial charge in [0.15, 0.2) is 0 Å². The quantitative estimate of drug-likeness (QED) is 0.390. The van der Waals surface area contributed by atoms with Gasteiger partial charge in [-0.05, 0) is 43.8 Å². The SMILES string of the molecule is O=C(CNC(=O)C1CCCCC1)NCC(=O)N/C(=C/C1=CCCC1)C(=O)C1CO1. The third kappa shape index (κ3) is 6.81. The molecule has 1 unspecified atom stereocenters. The second-order valence-corrected chi connectivity index (χ2v) is 7.79. The van der Waals surface area contributed by atoms with Gasteiger partial charge >= 0.3 is 0 Å². The maximum absolute atomic E-state index is 12.3. The Labute approximate surface area is 170 Å². The summed E-state index contributed by atoms with van der Waals surface area (Å²) in [6.45, 7) is -0.0666. The maximum Gasteiger partial charge on any atom is 0.243 e. The number of nitrogens with one attached hydrogen (secondary N) is 3. The first-order chi connectivity index (χ1) is 14.0. The number of allylic oxidation sites excluding steroid dienone is 3. The van der Waals surface area contributed by atoms with Crippen LogP contribution in [0.15, 0.2) is 23.4 Å². The predicted octanol–water partition coefficient (Wildman–Crippen LogP) is 0.877. The van der Waals surface area contributed by atoms with E-state index in [4.69, 9.17) is 4.74 Å². The zero-order valence-corrected chi connectivity index (χ0v) is 16.6. The van der Waals surface area contributed by atoms with Crippen molar-refractivity contribution in [3.8, 4) is 0 Å². The Morgan fingerprint density at radius 1 is 1.00 bits per heavy atom. The molecule has 0 spiro atoms. The lowest BCUT2D eigenvalue weighted by atomic mass is 9.89. The largest absolute Gasteiger partial charge is 0.364 e. The molecule has 0 aromatic carbocycles. The van der Waals surface area contributed by atoms with Crippen molar-refractivity contribution in [3.63, 3.8) is 0 Å². The number of rotatable bonds is 9. The standard InChI is InChI=1S/C21H29N3O5/c25-18(11-23-21(28)15-8-2-1-3-9-15)22-12-19(26)24-16(20(27)17-13-29-17)10-14-6-4-5-7-14/h6,10,15,17H,1-5,7-9,11-13H2,(H,22,25)(H,23,28)(H,24,26)/b16-10+. The molecule has 1 heterocycles. The van der Waals surface area contributed by atoms with Crippen LogP contribution in [0.4, 0.5) is 0 Å². The fourth-order valence-corrected chi connectivity index (χ4v) is 3.67. The average molecular weight is 403 g/mol. The molecular formula is C21H29N3O5. The monoisotopic (exact) mass is 403 g/mol. The summed E-state index contributed by atoms with van der Waals surface area (Å²) in [5, 5.41) is 7.69. The summed E-state index contributed by atoms with van der Waals surface area (Å²) in [6, 6.07) is 0. The molecule has 1 saturated heterocycles. The van der Waals surface area contributed by atoms with E-state index in [1.807, 2.05) is 6.08 Å². The molecule has 1 aliphatic heterocycles. The summed E-state index contributed by atoms with van der Waals surface area (Å²) in [7, 11) is 0. The van der Waals surface area contributed by atoms with Crippen molar-refractivity contribution in [3.05, 3.63) is 23.4 Å². The number of ketones is 1. The van der Waals surface area contributed by atoms with Crippen molar-refractivity contribution < 1.29 is 23.9 Å². The fraction of sp³-hybridized carbons (Fsp3) is 0.619. The highest BCUT2D eigenvalue weighted by molar-refractivity contribution is 6.03. The van der Waals surface area contributed by atoms with Gasteiger partial charge in [-0.2, -0.15) is 0 Å². The van der Waals surface area contributed by atoms with Crippen LogP contribution in [0.25, 0.3) is 0 Å². The Balaban J connectivity index is 1.41. The van der Waals surface area contributed by atoms with Crippen molar-refractivity contribution in [2.75, 3.05) is 19.7 Å². The second-order valence-electron chi connectivity index (χ2n) is 7.79. The molecule has 0 aromatic rings. The van der Waals surface area contributed by atoms with Crippen LogP contribution in [-0.2, 0) is 23.9 Å². The van der Waals surface area contributed by atoms with Crippen molar-refractivity contribution in [2.24, 2.45) is 5.92 Å². The predicted molar refractivity (Wildman–Crippen MR) is 106 cm³/mol. The number of carbonyl (C=O) groups is 4. The molecule has 3 aliphatic rings. The van der Waals surface area contributed by atoms with Gasteiger partial charge in [-0.25, -0.2) is 0 Å². The Kier molecular flexibility index (Phi) is 7.57.